The molecule has 3 aromatic rings. The topological polar surface area (TPSA) is 91.8 Å². The minimum Gasteiger partial charge on any atom is -0.368 e. The molecule has 1 amide bonds. The molecule has 7 heteroatoms. The van der Waals surface area contributed by atoms with E-state index in [1.807, 2.05) is 42.5 Å². The van der Waals surface area contributed by atoms with Gasteiger partial charge in [-0.15, -0.1) is 0 Å². The Labute approximate surface area is 171 Å². The van der Waals surface area contributed by atoms with Gasteiger partial charge in [-0.05, 0) is 35.2 Å². The van der Waals surface area contributed by atoms with Gasteiger partial charge < -0.3 is 16.0 Å². The van der Waals surface area contributed by atoms with Crippen LogP contribution < -0.4 is 16.0 Å². The SMILES string of the molecule is CC(C)(C)c1ccc(C(=O)NCCNc2cc(Nc3ccccn3)ncn2)cc1. The lowest BCUT2D eigenvalue weighted by molar-refractivity contribution is 0.0955. The number of aromatic nitrogens is 3. The van der Waals surface area contributed by atoms with Crippen LogP contribution in [0.2, 0.25) is 0 Å². The number of amides is 1. The number of nitrogens with one attached hydrogen (secondary N) is 3. The maximum atomic E-state index is 12.3. The molecule has 7 nitrogen and oxygen atoms in total. The Bertz CT molecular complexity index is 936. The first-order valence-corrected chi connectivity index (χ1v) is 9.54. The van der Waals surface area contributed by atoms with Crippen LogP contribution >= 0.6 is 0 Å². The Kier molecular flexibility index (Phi) is 6.39. The summed E-state index contributed by atoms with van der Waals surface area (Å²) in [4.78, 5) is 24.9. The molecule has 0 aliphatic rings. The van der Waals surface area contributed by atoms with Crippen molar-refractivity contribution in [1.82, 2.24) is 20.3 Å². The Hall–Kier alpha value is -3.48. The van der Waals surface area contributed by atoms with Gasteiger partial charge in [-0.25, -0.2) is 15.0 Å². The first kappa shape index (κ1) is 20.3. The van der Waals surface area contributed by atoms with E-state index in [9.17, 15) is 4.79 Å². The predicted molar refractivity (Wildman–Crippen MR) is 116 cm³/mol. The van der Waals surface area contributed by atoms with Crippen molar-refractivity contribution in [2.24, 2.45) is 0 Å². The molecule has 3 N–H and O–H groups in total. The van der Waals surface area contributed by atoms with Crippen molar-refractivity contribution < 1.29 is 4.79 Å². The van der Waals surface area contributed by atoms with Crippen LogP contribution in [0.4, 0.5) is 17.5 Å². The zero-order valence-corrected chi connectivity index (χ0v) is 16.9. The average Bonchev–Trinajstić information content (AvgIpc) is 2.71. The lowest BCUT2D eigenvalue weighted by Crippen LogP contribution is -2.29. The Balaban J connectivity index is 1.46. The number of carbonyl (C=O) groups excluding carboxylic acids is 1. The molecule has 2 heterocycles. The highest BCUT2D eigenvalue weighted by Crippen LogP contribution is 2.22. The van der Waals surface area contributed by atoms with E-state index in [1.54, 1.807) is 12.3 Å². The summed E-state index contributed by atoms with van der Waals surface area (Å²) in [5, 5.41) is 9.21. The van der Waals surface area contributed by atoms with Crippen LogP contribution in [0.15, 0.2) is 61.1 Å². The Morgan fingerprint density at radius 1 is 0.897 bits per heavy atom. The fourth-order valence-electron chi connectivity index (χ4n) is 2.68. The van der Waals surface area contributed by atoms with Crippen LogP contribution in [0, 0.1) is 0 Å². The van der Waals surface area contributed by atoms with E-state index in [2.05, 4.69) is 51.7 Å². The van der Waals surface area contributed by atoms with Gasteiger partial charge in [-0.2, -0.15) is 0 Å². The second-order valence-electron chi connectivity index (χ2n) is 7.64. The van der Waals surface area contributed by atoms with Crippen molar-refractivity contribution >= 4 is 23.4 Å². The zero-order chi connectivity index (χ0) is 20.7. The van der Waals surface area contributed by atoms with Crippen LogP contribution in [-0.2, 0) is 5.41 Å². The molecule has 0 aliphatic heterocycles. The maximum Gasteiger partial charge on any atom is 0.251 e. The molecular weight excluding hydrogens is 364 g/mol. The summed E-state index contributed by atoms with van der Waals surface area (Å²) in [6, 6.07) is 15.1. The molecular formula is C22H26N6O. The number of carbonyl (C=O) groups is 1. The van der Waals surface area contributed by atoms with Gasteiger partial charge in [0.05, 0.1) is 0 Å². The second-order valence-corrected chi connectivity index (χ2v) is 7.64. The summed E-state index contributed by atoms with van der Waals surface area (Å²) in [7, 11) is 0. The molecule has 1 aromatic carbocycles. The highest BCUT2D eigenvalue weighted by atomic mass is 16.1. The summed E-state index contributed by atoms with van der Waals surface area (Å²) in [5.41, 5.74) is 1.93. The molecule has 0 saturated heterocycles. The molecule has 3 rings (SSSR count). The molecule has 0 radical (unpaired) electrons. The van der Waals surface area contributed by atoms with Gasteiger partial charge >= 0.3 is 0 Å². The molecule has 0 atom stereocenters. The Morgan fingerprint density at radius 2 is 1.66 bits per heavy atom. The van der Waals surface area contributed by atoms with Crippen molar-refractivity contribution in [3.05, 3.63) is 72.2 Å². The minimum absolute atomic E-state index is 0.0702. The van der Waals surface area contributed by atoms with Crippen LogP contribution in [0.25, 0.3) is 0 Å². The predicted octanol–water partition coefficient (Wildman–Crippen LogP) is 3.75. The molecule has 0 spiro atoms. The number of pyridine rings is 1. The first-order valence-electron chi connectivity index (χ1n) is 9.54. The highest BCUT2D eigenvalue weighted by molar-refractivity contribution is 5.94. The second kappa shape index (κ2) is 9.14. The largest absolute Gasteiger partial charge is 0.368 e. The summed E-state index contributed by atoms with van der Waals surface area (Å²) >= 11 is 0. The average molecular weight is 390 g/mol. The van der Waals surface area contributed by atoms with E-state index in [0.29, 0.717) is 36.1 Å². The lowest BCUT2D eigenvalue weighted by atomic mass is 9.87. The highest BCUT2D eigenvalue weighted by Gasteiger charge is 2.14. The van der Waals surface area contributed by atoms with E-state index < -0.39 is 0 Å². The van der Waals surface area contributed by atoms with Gasteiger partial charge in [-0.1, -0.05) is 39.0 Å². The summed E-state index contributed by atoms with van der Waals surface area (Å²) in [6.07, 6.45) is 3.19. The molecule has 0 unspecified atom stereocenters. The number of anilines is 3. The smallest absolute Gasteiger partial charge is 0.251 e. The number of nitrogens with zero attached hydrogens (tertiary/aromatic N) is 3. The first-order chi connectivity index (χ1) is 13.9. The van der Waals surface area contributed by atoms with E-state index in [-0.39, 0.29) is 11.3 Å². The standard InChI is InChI=1S/C22H26N6O/c1-22(2,3)17-9-7-16(8-10-17)21(29)25-13-12-24-19-14-20(27-15-26-19)28-18-6-4-5-11-23-18/h4-11,14-15H,12-13H2,1-3H3,(H,25,29)(H2,23,24,26,27,28). The van der Waals surface area contributed by atoms with E-state index >= 15 is 0 Å². The van der Waals surface area contributed by atoms with Gasteiger partial charge in [0.25, 0.3) is 5.91 Å². The lowest BCUT2D eigenvalue weighted by Gasteiger charge is -2.19. The zero-order valence-electron chi connectivity index (χ0n) is 16.9. The van der Waals surface area contributed by atoms with Crippen LogP contribution in [0.3, 0.4) is 0 Å². The number of hydrogen-bond acceptors (Lipinski definition) is 6. The molecule has 150 valence electrons. The van der Waals surface area contributed by atoms with Crippen LogP contribution in [0.1, 0.15) is 36.7 Å². The summed E-state index contributed by atoms with van der Waals surface area (Å²) in [5.74, 6) is 1.93. The van der Waals surface area contributed by atoms with Gasteiger partial charge in [0.15, 0.2) is 0 Å². The van der Waals surface area contributed by atoms with Gasteiger partial charge in [0, 0.05) is 30.9 Å². The fraction of sp³-hybridized carbons (Fsp3) is 0.273. The maximum absolute atomic E-state index is 12.3. The molecule has 0 bridgehead atoms. The molecule has 2 aromatic heterocycles. The van der Waals surface area contributed by atoms with E-state index in [0.717, 1.165) is 0 Å². The third-order valence-electron chi connectivity index (χ3n) is 4.32. The normalized spacial score (nSPS) is 11.0. The number of rotatable bonds is 7. The third-order valence-corrected chi connectivity index (χ3v) is 4.32. The minimum atomic E-state index is -0.0903. The van der Waals surface area contributed by atoms with Gasteiger partial charge in [0.1, 0.15) is 23.8 Å². The quantitative estimate of drug-likeness (QED) is 0.532. The molecule has 0 saturated carbocycles. The Morgan fingerprint density at radius 3 is 2.34 bits per heavy atom. The monoisotopic (exact) mass is 390 g/mol. The van der Waals surface area contributed by atoms with Gasteiger partial charge in [0.2, 0.25) is 0 Å². The number of hydrogen-bond donors (Lipinski definition) is 3. The third kappa shape index (κ3) is 6.00. The number of benzene rings is 1. The van der Waals surface area contributed by atoms with Crippen LogP contribution in [-0.4, -0.2) is 33.9 Å². The van der Waals surface area contributed by atoms with Crippen molar-refractivity contribution in [2.45, 2.75) is 26.2 Å². The van der Waals surface area contributed by atoms with Crippen molar-refractivity contribution in [3.8, 4) is 0 Å². The fourth-order valence-corrected chi connectivity index (χ4v) is 2.68. The summed E-state index contributed by atoms with van der Waals surface area (Å²) < 4.78 is 0. The summed E-state index contributed by atoms with van der Waals surface area (Å²) in [6.45, 7) is 7.48. The van der Waals surface area contributed by atoms with E-state index in [4.69, 9.17) is 0 Å². The van der Waals surface area contributed by atoms with Crippen molar-refractivity contribution in [3.63, 3.8) is 0 Å². The molecule has 0 fully saturated rings. The molecule has 0 aliphatic carbocycles. The van der Waals surface area contributed by atoms with E-state index in [1.165, 1.54) is 11.9 Å². The van der Waals surface area contributed by atoms with Crippen LogP contribution in [0.5, 0.6) is 0 Å². The van der Waals surface area contributed by atoms with Gasteiger partial charge in [-0.3, -0.25) is 4.79 Å². The molecule has 29 heavy (non-hydrogen) atoms. The van der Waals surface area contributed by atoms with Crippen molar-refractivity contribution in [2.75, 3.05) is 23.7 Å². The van der Waals surface area contributed by atoms with Crippen molar-refractivity contribution in [1.29, 1.82) is 0 Å².